The second-order valence-electron chi connectivity index (χ2n) is 5.60. The third kappa shape index (κ3) is 4.16. The van der Waals surface area contributed by atoms with E-state index in [1.807, 2.05) is 0 Å². The van der Waals surface area contributed by atoms with E-state index in [-0.39, 0.29) is 23.6 Å². The number of alkyl halides is 3. The number of hydrogen-bond acceptors (Lipinski definition) is 3. The molecule has 1 aromatic rings. The normalized spacial score (nSPS) is 25.2. The van der Waals surface area contributed by atoms with Crippen molar-refractivity contribution in [2.75, 3.05) is 11.5 Å². The summed E-state index contributed by atoms with van der Waals surface area (Å²) in [6.07, 6.45) is -4.23. The summed E-state index contributed by atoms with van der Waals surface area (Å²) in [6, 6.07) is 2.31. The fraction of sp³-hybridized carbons (Fsp3) is 0.538. The van der Waals surface area contributed by atoms with E-state index in [1.165, 1.54) is 0 Å². The summed E-state index contributed by atoms with van der Waals surface area (Å²) in [5, 5.41) is 2.92. The quantitative estimate of drug-likeness (QED) is 0.869. The summed E-state index contributed by atoms with van der Waals surface area (Å²) < 4.78 is 73.9. The highest BCUT2D eigenvalue weighted by molar-refractivity contribution is 7.91. The molecular weight excluding hydrogens is 310 g/mol. The monoisotopic (exact) mass is 325 g/mol. The molecule has 1 saturated heterocycles. The average Bonchev–Trinajstić information content (AvgIpc) is 2.60. The second kappa shape index (κ2) is 5.24. The van der Waals surface area contributed by atoms with E-state index in [9.17, 15) is 26.0 Å². The van der Waals surface area contributed by atoms with Crippen molar-refractivity contribution in [2.24, 2.45) is 0 Å². The fourth-order valence-corrected chi connectivity index (χ4v) is 4.50. The van der Waals surface area contributed by atoms with E-state index in [2.05, 4.69) is 5.32 Å². The lowest BCUT2D eigenvalue weighted by Crippen LogP contribution is -2.42. The van der Waals surface area contributed by atoms with Gasteiger partial charge in [-0.25, -0.2) is 12.8 Å². The van der Waals surface area contributed by atoms with Gasteiger partial charge in [-0.15, -0.1) is 0 Å². The maximum absolute atomic E-state index is 13.3. The molecule has 1 unspecified atom stereocenters. The zero-order valence-corrected chi connectivity index (χ0v) is 12.1. The highest BCUT2D eigenvalue weighted by Crippen LogP contribution is 2.31. The zero-order valence-electron chi connectivity index (χ0n) is 11.3. The van der Waals surface area contributed by atoms with E-state index in [1.54, 1.807) is 6.92 Å². The Hall–Kier alpha value is -1.15. The van der Waals surface area contributed by atoms with Crippen molar-refractivity contribution in [3.63, 3.8) is 0 Å². The minimum atomic E-state index is -4.61. The van der Waals surface area contributed by atoms with Crippen molar-refractivity contribution in [2.45, 2.75) is 31.6 Å². The van der Waals surface area contributed by atoms with E-state index < -0.39 is 32.9 Å². The predicted octanol–water partition coefficient (Wildman–Crippen LogP) is 2.51. The maximum Gasteiger partial charge on any atom is 0.416 e. The summed E-state index contributed by atoms with van der Waals surface area (Å²) in [5.74, 6) is -0.986. The van der Waals surface area contributed by atoms with Crippen LogP contribution in [0.3, 0.4) is 0 Å². The van der Waals surface area contributed by atoms with Gasteiger partial charge >= 0.3 is 6.18 Å². The molecule has 118 valence electrons. The molecule has 3 nitrogen and oxygen atoms in total. The summed E-state index contributed by atoms with van der Waals surface area (Å²) >= 11 is 0. The average molecular weight is 325 g/mol. The van der Waals surface area contributed by atoms with E-state index in [0.29, 0.717) is 12.5 Å². The van der Waals surface area contributed by atoms with Gasteiger partial charge in [0.1, 0.15) is 5.82 Å². The Morgan fingerprint density at radius 3 is 2.48 bits per heavy atom. The Morgan fingerprint density at radius 2 is 1.95 bits per heavy atom. The number of sulfone groups is 1. The number of rotatable bonds is 3. The lowest BCUT2D eigenvalue weighted by Gasteiger charge is -2.24. The molecule has 1 heterocycles. The molecule has 0 spiro atoms. The summed E-state index contributed by atoms with van der Waals surface area (Å²) in [5.41, 5.74) is -1.61. The number of nitrogens with one attached hydrogen (secondary N) is 1. The van der Waals surface area contributed by atoms with Crippen LogP contribution in [0.5, 0.6) is 0 Å². The Balaban J connectivity index is 2.12. The van der Waals surface area contributed by atoms with Crippen LogP contribution in [-0.4, -0.2) is 25.5 Å². The molecule has 1 aliphatic heterocycles. The molecule has 21 heavy (non-hydrogen) atoms. The van der Waals surface area contributed by atoms with Crippen LogP contribution >= 0.6 is 0 Å². The van der Waals surface area contributed by atoms with Crippen molar-refractivity contribution >= 4 is 9.84 Å². The second-order valence-corrected chi connectivity index (χ2v) is 7.79. The van der Waals surface area contributed by atoms with Gasteiger partial charge in [-0.05, 0) is 37.1 Å². The highest BCUT2D eigenvalue weighted by atomic mass is 32.2. The molecule has 0 bridgehead atoms. The highest BCUT2D eigenvalue weighted by Gasteiger charge is 2.38. The summed E-state index contributed by atoms with van der Waals surface area (Å²) in [4.78, 5) is 0. The van der Waals surface area contributed by atoms with E-state index in [0.717, 1.165) is 12.1 Å². The van der Waals surface area contributed by atoms with Crippen molar-refractivity contribution in [3.05, 3.63) is 35.1 Å². The molecule has 1 atom stereocenters. The third-order valence-corrected chi connectivity index (χ3v) is 5.41. The Labute approximate surface area is 120 Å². The van der Waals surface area contributed by atoms with Gasteiger partial charge in [0.15, 0.2) is 9.84 Å². The lowest BCUT2D eigenvalue weighted by atomic mass is 10.0. The molecule has 1 aromatic carbocycles. The van der Waals surface area contributed by atoms with Crippen LogP contribution in [0.15, 0.2) is 18.2 Å². The molecular formula is C13H15F4NO2S. The van der Waals surface area contributed by atoms with E-state index in [4.69, 9.17) is 0 Å². The van der Waals surface area contributed by atoms with Crippen LogP contribution in [0.2, 0.25) is 0 Å². The minimum Gasteiger partial charge on any atom is -0.306 e. The van der Waals surface area contributed by atoms with Crippen LogP contribution < -0.4 is 5.32 Å². The van der Waals surface area contributed by atoms with Crippen LogP contribution in [0.4, 0.5) is 17.6 Å². The van der Waals surface area contributed by atoms with Gasteiger partial charge in [0.25, 0.3) is 0 Å². The SMILES string of the molecule is CC1(NCc2cc(F)cc(C(F)(F)F)c2)CCS(=O)(=O)C1. The number of halogens is 4. The molecule has 2 rings (SSSR count). The van der Waals surface area contributed by atoms with Crippen molar-refractivity contribution in [1.82, 2.24) is 5.32 Å². The molecule has 0 aliphatic carbocycles. The number of hydrogen-bond donors (Lipinski definition) is 1. The van der Waals surface area contributed by atoms with Crippen LogP contribution in [0.25, 0.3) is 0 Å². The molecule has 8 heteroatoms. The maximum atomic E-state index is 13.3. The third-order valence-electron chi connectivity index (χ3n) is 3.51. The van der Waals surface area contributed by atoms with Gasteiger partial charge in [0, 0.05) is 12.1 Å². The lowest BCUT2D eigenvalue weighted by molar-refractivity contribution is -0.137. The van der Waals surface area contributed by atoms with Crippen molar-refractivity contribution in [3.8, 4) is 0 Å². The van der Waals surface area contributed by atoms with E-state index >= 15 is 0 Å². The molecule has 0 saturated carbocycles. The standard InChI is InChI=1S/C13H15F4NO2S/c1-12(2-3-21(19,20)8-12)18-7-9-4-10(13(15,16)17)6-11(14)5-9/h4-6,18H,2-3,7-8H2,1H3. The van der Waals surface area contributed by atoms with Gasteiger partial charge in [0.05, 0.1) is 17.1 Å². The van der Waals surface area contributed by atoms with Gasteiger partial charge in [0.2, 0.25) is 0 Å². The Morgan fingerprint density at radius 1 is 1.29 bits per heavy atom. The predicted molar refractivity (Wildman–Crippen MR) is 69.9 cm³/mol. The first-order valence-corrected chi connectivity index (χ1v) is 8.13. The fourth-order valence-electron chi connectivity index (χ4n) is 2.38. The Bertz CT molecular complexity index is 642. The van der Waals surface area contributed by atoms with Crippen LogP contribution in [0.1, 0.15) is 24.5 Å². The zero-order chi connectivity index (χ0) is 15.9. The summed E-state index contributed by atoms with van der Waals surface area (Å²) in [6.45, 7) is 1.67. The molecule has 0 aromatic heterocycles. The molecule has 0 amide bonds. The smallest absolute Gasteiger partial charge is 0.306 e. The molecule has 1 N–H and O–H groups in total. The topological polar surface area (TPSA) is 46.2 Å². The first-order chi connectivity index (χ1) is 9.49. The van der Waals surface area contributed by atoms with Crippen molar-refractivity contribution < 1.29 is 26.0 Å². The van der Waals surface area contributed by atoms with Gasteiger partial charge < -0.3 is 5.32 Å². The van der Waals surface area contributed by atoms with Crippen molar-refractivity contribution in [1.29, 1.82) is 0 Å². The van der Waals surface area contributed by atoms with Gasteiger partial charge in [-0.3, -0.25) is 0 Å². The molecule has 1 fully saturated rings. The van der Waals surface area contributed by atoms with Crippen LogP contribution in [0, 0.1) is 5.82 Å². The Kier molecular flexibility index (Phi) is 4.05. The largest absolute Gasteiger partial charge is 0.416 e. The van der Waals surface area contributed by atoms with Crippen LogP contribution in [-0.2, 0) is 22.6 Å². The van der Waals surface area contributed by atoms with Gasteiger partial charge in [-0.2, -0.15) is 13.2 Å². The molecule has 0 radical (unpaired) electrons. The van der Waals surface area contributed by atoms with Gasteiger partial charge in [-0.1, -0.05) is 0 Å². The minimum absolute atomic E-state index is 0.0210. The summed E-state index contributed by atoms with van der Waals surface area (Å²) in [7, 11) is -3.11. The number of benzene rings is 1. The molecule has 1 aliphatic rings. The first-order valence-electron chi connectivity index (χ1n) is 6.31. The first kappa shape index (κ1) is 16.2.